The van der Waals surface area contributed by atoms with Crippen molar-refractivity contribution in [1.29, 1.82) is 0 Å². The number of nitrogens with zero attached hydrogens (tertiary/aromatic N) is 1. The number of rotatable bonds is 4. The molecule has 3 rings (SSSR count). The molecule has 2 aliphatic heterocycles. The van der Waals surface area contributed by atoms with Crippen LogP contribution in [0.5, 0.6) is 0 Å². The van der Waals surface area contributed by atoms with Crippen molar-refractivity contribution in [3.8, 4) is 0 Å². The summed E-state index contributed by atoms with van der Waals surface area (Å²) >= 11 is 0. The Labute approximate surface area is 126 Å². The third kappa shape index (κ3) is 3.11. The molecule has 2 atom stereocenters. The topological polar surface area (TPSA) is 38.8 Å². The molecule has 4 nitrogen and oxygen atoms in total. The van der Waals surface area contributed by atoms with E-state index in [-0.39, 0.29) is 5.97 Å². The lowest BCUT2D eigenvalue weighted by Crippen LogP contribution is -2.38. The molecule has 0 aromatic heterocycles. The Kier molecular flexibility index (Phi) is 4.56. The summed E-state index contributed by atoms with van der Waals surface area (Å²) in [6, 6.07) is 7.91. The second-order valence-corrected chi connectivity index (χ2v) is 5.79. The Morgan fingerprint density at radius 1 is 1.29 bits per heavy atom. The van der Waals surface area contributed by atoms with Crippen LogP contribution in [-0.4, -0.2) is 36.6 Å². The summed E-state index contributed by atoms with van der Waals surface area (Å²) in [5.41, 5.74) is 1.50. The Balaban J connectivity index is 1.64. The molecule has 0 saturated carbocycles. The molecule has 0 aliphatic carbocycles. The number of ether oxygens (including phenoxy) is 2. The van der Waals surface area contributed by atoms with E-state index in [1.54, 1.807) is 6.07 Å². The molecule has 0 radical (unpaired) electrons. The third-order valence-electron chi connectivity index (χ3n) is 4.49. The fourth-order valence-corrected chi connectivity index (χ4v) is 3.28. The zero-order valence-corrected chi connectivity index (χ0v) is 12.6. The van der Waals surface area contributed by atoms with Crippen LogP contribution in [0.25, 0.3) is 0 Å². The number of carbonyl (C=O) groups is 1. The van der Waals surface area contributed by atoms with Crippen molar-refractivity contribution in [3.05, 3.63) is 35.4 Å². The average molecular weight is 289 g/mol. The van der Waals surface area contributed by atoms with Crippen LogP contribution in [0.1, 0.15) is 54.8 Å². The molecule has 0 spiro atoms. The van der Waals surface area contributed by atoms with E-state index in [2.05, 4.69) is 11.8 Å². The molecule has 0 N–H and O–H groups in total. The fraction of sp³-hybridized carbons (Fsp3) is 0.588. The van der Waals surface area contributed by atoms with Crippen molar-refractivity contribution < 1.29 is 14.3 Å². The monoisotopic (exact) mass is 289 g/mol. The molecule has 1 fully saturated rings. The number of cyclic esters (lactones) is 1. The highest BCUT2D eigenvalue weighted by Crippen LogP contribution is 2.31. The molecule has 114 valence electrons. The lowest BCUT2D eigenvalue weighted by Gasteiger charge is -2.29. The normalized spacial score (nSPS) is 26.2. The first-order valence-electron chi connectivity index (χ1n) is 7.95. The van der Waals surface area contributed by atoms with Gasteiger partial charge in [-0.05, 0) is 32.0 Å². The van der Waals surface area contributed by atoms with Gasteiger partial charge in [0, 0.05) is 11.6 Å². The van der Waals surface area contributed by atoms with Crippen LogP contribution < -0.4 is 0 Å². The summed E-state index contributed by atoms with van der Waals surface area (Å²) in [5.74, 6) is -0.274. The van der Waals surface area contributed by atoms with Gasteiger partial charge in [0.05, 0.1) is 12.2 Å². The van der Waals surface area contributed by atoms with Gasteiger partial charge in [-0.25, -0.2) is 4.79 Å². The van der Waals surface area contributed by atoms with E-state index in [9.17, 15) is 4.79 Å². The molecule has 2 heterocycles. The number of hydrogen-bond donors (Lipinski definition) is 0. The van der Waals surface area contributed by atoms with Gasteiger partial charge in [0.25, 0.3) is 0 Å². The molecule has 2 aliphatic rings. The number of likely N-dealkylation sites (N-methyl/N-ethyl adjacent to an activating group) is 1. The quantitative estimate of drug-likeness (QED) is 0.798. The highest BCUT2D eigenvalue weighted by Gasteiger charge is 2.32. The minimum atomic E-state index is -0.532. The highest BCUT2D eigenvalue weighted by molar-refractivity contribution is 5.93. The zero-order valence-electron chi connectivity index (χ0n) is 12.6. The standard InChI is InChI=1S/C17H23NO3/c1-2-18-11-7-3-4-8-13(18)12-20-17-15-10-6-5-9-14(15)16(19)21-17/h5-6,9-10,13,17H,2-4,7-8,11-12H2,1H3. The van der Waals surface area contributed by atoms with Crippen molar-refractivity contribution in [2.75, 3.05) is 19.7 Å². The SMILES string of the molecule is CCN1CCCCCC1COC1OC(=O)c2ccccc21. The first-order valence-corrected chi connectivity index (χ1v) is 7.95. The number of esters is 1. The largest absolute Gasteiger partial charge is 0.428 e. The number of hydrogen-bond acceptors (Lipinski definition) is 4. The van der Waals surface area contributed by atoms with E-state index in [1.165, 1.54) is 19.3 Å². The van der Waals surface area contributed by atoms with Crippen LogP contribution in [0.4, 0.5) is 0 Å². The van der Waals surface area contributed by atoms with E-state index in [0.717, 1.165) is 25.1 Å². The molecule has 2 unspecified atom stereocenters. The maximum absolute atomic E-state index is 11.8. The summed E-state index contributed by atoms with van der Waals surface area (Å²) in [4.78, 5) is 14.3. The van der Waals surface area contributed by atoms with E-state index in [1.807, 2.05) is 18.2 Å². The van der Waals surface area contributed by atoms with Crippen LogP contribution in [0.2, 0.25) is 0 Å². The minimum Gasteiger partial charge on any atom is -0.428 e. The summed E-state index contributed by atoms with van der Waals surface area (Å²) in [5, 5.41) is 0. The number of likely N-dealkylation sites (tertiary alicyclic amines) is 1. The van der Waals surface area contributed by atoms with Gasteiger partial charge in [0.15, 0.2) is 0 Å². The van der Waals surface area contributed by atoms with Gasteiger partial charge in [-0.2, -0.15) is 0 Å². The Morgan fingerprint density at radius 2 is 2.14 bits per heavy atom. The highest BCUT2D eigenvalue weighted by atomic mass is 16.7. The molecule has 4 heteroatoms. The Morgan fingerprint density at radius 3 is 3.00 bits per heavy atom. The van der Waals surface area contributed by atoms with Gasteiger partial charge in [-0.15, -0.1) is 0 Å². The van der Waals surface area contributed by atoms with E-state index in [4.69, 9.17) is 9.47 Å². The Bertz CT molecular complexity index is 503. The van der Waals surface area contributed by atoms with Crippen LogP contribution >= 0.6 is 0 Å². The number of fused-ring (bicyclic) bond motifs is 1. The van der Waals surface area contributed by atoms with E-state index >= 15 is 0 Å². The third-order valence-corrected chi connectivity index (χ3v) is 4.49. The fourth-order valence-electron chi connectivity index (χ4n) is 3.28. The van der Waals surface area contributed by atoms with Crippen LogP contribution in [-0.2, 0) is 9.47 Å². The predicted molar refractivity (Wildman–Crippen MR) is 80.1 cm³/mol. The van der Waals surface area contributed by atoms with Gasteiger partial charge < -0.3 is 9.47 Å². The summed E-state index contributed by atoms with van der Waals surface area (Å²) in [7, 11) is 0. The Hall–Kier alpha value is -1.39. The maximum atomic E-state index is 11.8. The summed E-state index contributed by atoms with van der Waals surface area (Å²) < 4.78 is 11.3. The van der Waals surface area contributed by atoms with E-state index < -0.39 is 6.29 Å². The van der Waals surface area contributed by atoms with E-state index in [0.29, 0.717) is 18.2 Å². The second kappa shape index (κ2) is 6.58. The summed E-state index contributed by atoms with van der Waals surface area (Å²) in [6.45, 7) is 5.02. The second-order valence-electron chi connectivity index (χ2n) is 5.79. The van der Waals surface area contributed by atoms with Gasteiger partial charge in [0.2, 0.25) is 6.29 Å². The van der Waals surface area contributed by atoms with Gasteiger partial charge in [0.1, 0.15) is 0 Å². The number of benzene rings is 1. The molecule has 0 bridgehead atoms. The summed E-state index contributed by atoms with van der Waals surface area (Å²) in [6.07, 6.45) is 4.46. The molecule has 1 aromatic rings. The number of carbonyl (C=O) groups excluding carboxylic acids is 1. The van der Waals surface area contributed by atoms with Gasteiger partial charge in [-0.1, -0.05) is 38.0 Å². The van der Waals surface area contributed by atoms with Crippen LogP contribution in [0, 0.1) is 0 Å². The smallest absolute Gasteiger partial charge is 0.341 e. The van der Waals surface area contributed by atoms with Crippen molar-refractivity contribution >= 4 is 5.97 Å². The molecule has 1 saturated heterocycles. The van der Waals surface area contributed by atoms with Crippen LogP contribution in [0.15, 0.2) is 24.3 Å². The molecule has 21 heavy (non-hydrogen) atoms. The average Bonchev–Trinajstić information content (AvgIpc) is 2.70. The van der Waals surface area contributed by atoms with Crippen LogP contribution in [0.3, 0.4) is 0 Å². The first-order chi connectivity index (χ1) is 10.3. The first kappa shape index (κ1) is 14.5. The van der Waals surface area contributed by atoms with Crippen molar-refractivity contribution in [2.24, 2.45) is 0 Å². The van der Waals surface area contributed by atoms with Gasteiger partial charge in [-0.3, -0.25) is 4.90 Å². The molecule has 0 amide bonds. The van der Waals surface area contributed by atoms with Crippen molar-refractivity contribution in [2.45, 2.75) is 44.9 Å². The lowest BCUT2D eigenvalue weighted by molar-refractivity contribution is -0.117. The zero-order chi connectivity index (χ0) is 14.7. The molecular formula is C17H23NO3. The maximum Gasteiger partial charge on any atom is 0.341 e. The van der Waals surface area contributed by atoms with Gasteiger partial charge >= 0.3 is 5.97 Å². The van der Waals surface area contributed by atoms with Crippen molar-refractivity contribution in [3.63, 3.8) is 0 Å². The predicted octanol–water partition coefficient (Wildman–Crippen LogP) is 3.14. The minimum absolute atomic E-state index is 0.274. The lowest BCUT2D eigenvalue weighted by atomic mass is 10.1. The van der Waals surface area contributed by atoms with Crippen molar-refractivity contribution in [1.82, 2.24) is 4.90 Å². The molecular weight excluding hydrogens is 266 g/mol. The molecule has 1 aromatic carbocycles.